The molecule has 0 amide bonds. The van der Waals surface area contributed by atoms with Gasteiger partial charge in [-0.2, -0.15) is 0 Å². The molecule has 5 aliphatic carbocycles. The van der Waals surface area contributed by atoms with Crippen LogP contribution in [0.5, 0.6) is 0 Å². The van der Waals surface area contributed by atoms with Crippen LogP contribution in [0.25, 0.3) is 55.3 Å². The van der Waals surface area contributed by atoms with Gasteiger partial charge in [0.15, 0.2) is 0 Å². The molecule has 0 unspecified atom stereocenters. The zero-order valence-electron chi connectivity index (χ0n) is 30.3. The van der Waals surface area contributed by atoms with Crippen LogP contribution in [0.1, 0.15) is 43.2 Å². The van der Waals surface area contributed by atoms with Gasteiger partial charge in [-0.1, -0.05) is 121 Å². The van der Waals surface area contributed by atoms with Gasteiger partial charge in [0.25, 0.3) is 0 Å². The summed E-state index contributed by atoms with van der Waals surface area (Å²) in [5, 5.41) is 2.28. The second-order valence-corrected chi connectivity index (χ2v) is 16.5. The predicted molar refractivity (Wildman–Crippen MR) is 223 cm³/mol. The molecule has 0 saturated heterocycles. The number of fused-ring (bicyclic) bond motifs is 6. The molecule has 0 N–H and O–H groups in total. The lowest BCUT2D eigenvalue weighted by Crippen LogP contribution is -2.55. The van der Waals surface area contributed by atoms with Gasteiger partial charge >= 0.3 is 0 Å². The molecule has 2 nitrogen and oxygen atoms in total. The van der Waals surface area contributed by atoms with Crippen LogP contribution >= 0.6 is 0 Å². The maximum Gasteiger partial charge on any atom is 0.137 e. The molecule has 260 valence electrons. The highest BCUT2D eigenvalue weighted by Crippen LogP contribution is 2.69. The van der Waals surface area contributed by atoms with Gasteiger partial charge in [0.2, 0.25) is 0 Å². The molecular formula is C52H41NO. The Morgan fingerprint density at radius 1 is 0.444 bits per heavy atom. The van der Waals surface area contributed by atoms with E-state index < -0.39 is 0 Å². The number of hydrogen-bond donors (Lipinski definition) is 0. The fourth-order valence-corrected chi connectivity index (χ4v) is 12.0. The number of furan rings is 1. The maximum absolute atomic E-state index is 6.48. The molecule has 0 aliphatic heterocycles. The summed E-state index contributed by atoms with van der Waals surface area (Å²) in [6.45, 7) is 0. The fourth-order valence-electron chi connectivity index (χ4n) is 12.0. The average molecular weight is 696 g/mol. The van der Waals surface area contributed by atoms with Crippen LogP contribution in [0, 0.1) is 23.7 Å². The lowest BCUT2D eigenvalue weighted by molar-refractivity contribution is -0.0399. The van der Waals surface area contributed by atoms with E-state index in [4.69, 9.17) is 4.42 Å². The molecule has 13 rings (SSSR count). The standard InChI is InChI=1S/C52H41NO/c1-2-10-35(11-3-1)36-20-22-37(23-21-36)38-12-8-13-41(31-38)53(48-17-9-19-50-51(48)44-15-5-7-18-49(44)54-50)42-24-25-47-45(32-42)43-14-4-6-16-46(43)52(47)39-27-33-26-34(29-39)30-40(52)28-33/h1-25,31-34,39-40H,26-30H2. The first-order valence-corrected chi connectivity index (χ1v) is 19.9. The third-order valence-corrected chi connectivity index (χ3v) is 13.8. The zero-order valence-corrected chi connectivity index (χ0v) is 30.3. The SMILES string of the molecule is c1ccc(-c2ccc(-c3cccc(N(c4ccc5c(c4)-c4ccccc4C54C5CC6CC(C5)CC4C6)c4cccc5oc6ccccc6c45)c3)cc2)cc1. The lowest BCUT2D eigenvalue weighted by atomic mass is 9.43. The summed E-state index contributed by atoms with van der Waals surface area (Å²) in [6, 6.07) is 60.6. The Morgan fingerprint density at radius 3 is 1.87 bits per heavy atom. The summed E-state index contributed by atoms with van der Waals surface area (Å²) in [5.74, 6) is 3.34. The first-order valence-electron chi connectivity index (χ1n) is 19.9. The number of rotatable bonds is 5. The maximum atomic E-state index is 6.48. The molecule has 4 fully saturated rings. The van der Waals surface area contributed by atoms with E-state index in [2.05, 4.69) is 169 Å². The molecule has 5 aliphatic rings. The summed E-state index contributed by atoms with van der Waals surface area (Å²) in [7, 11) is 0. The molecule has 1 heterocycles. The number of para-hydroxylation sites is 1. The fraction of sp³-hybridized carbons (Fsp3) is 0.192. The molecule has 0 radical (unpaired) electrons. The van der Waals surface area contributed by atoms with E-state index in [1.807, 2.05) is 0 Å². The normalized spacial score (nSPS) is 23.3. The molecule has 1 spiro atoms. The van der Waals surface area contributed by atoms with Gasteiger partial charge in [-0.3, -0.25) is 0 Å². The summed E-state index contributed by atoms with van der Waals surface area (Å²) < 4.78 is 6.48. The second kappa shape index (κ2) is 11.6. The van der Waals surface area contributed by atoms with E-state index in [1.54, 1.807) is 11.1 Å². The van der Waals surface area contributed by atoms with Crippen LogP contribution in [0.4, 0.5) is 17.1 Å². The predicted octanol–water partition coefficient (Wildman–Crippen LogP) is 14.1. The Morgan fingerprint density at radius 2 is 1.06 bits per heavy atom. The zero-order chi connectivity index (χ0) is 35.4. The molecule has 54 heavy (non-hydrogen) atoms. The van der Waals surface area contributed by atoms with E-state index in [-0.39, 0.29) is 5.41 Å². The van der Waals surface area contributed by atoms with E-state index in [1.165, 1.54) is 71.2 Å². The monoisotopic (exact) mass is 695 g/mol. The van der Waals surface area contributed by atoms with E-state index in [0.717, 1.165) is 57.0 Å². The summed E-state index contributed by atoms with van der Waals surface area (Å²) in [6.07, 6.45) is 7.04. The van der Waals surface area contributed by atoms with Crippen molar-refractivity contribution in [3.63, 3.8) is 0 Å². The van der Waals surface area contributed by atoms with Crippen molar-refractivity contribution in [1.82, 2.24) is 0 Å². The average Bonchev–Trinajstić information content (AvgIpc) is 3.75. The number of anilines is 3. The first-order chi connectivity index (χ1) is 26.7. The van der Waals surface area contributed by atoms with E-state index in [9.17, 15) is 0 Å². The van der Waals surface area contributed by atoms with Crippen LogP contribution in [0.2, 0.25) is 0 Å². The molecule has 1 aromatic heterocycles. The molecule has 0 atom stereocenters. The smallest absolute Gasteiger partial charge is 0.137 e. The Kier molecular flexibility index (Phi) is 6.55. The first kappa shape index (κ1) is 30.6. The van der Waals surface area contributed by atoms with Crippen molar-refractivity contribution in [3.05, 3.63) is 175 Å². The van der Waals surface area contributed by atoms with Crippen molar-refractivity contribution >= 4 is 39.0 Å². The highest BCUT2D eigenvalue weighted by Gasteiger charge is 2.61. The second-order valence-electron chi connectivity index (χ2n) is 16.5. The molecule has 4 saturated carbocycles. The topological polar surface area (TPSA) is 16.4 Å². The van der Waals surface area contributed by atoms with Gasteiger partial charge in [-0.15, -0.1) is 0 Å². The Labute approximate surface area is 316 Å². The summed E-state index contributed by atoms with van der Waals surface area (Å²) in [5.41, 5.74) is 16.3. The van der Waals surface area contributed by atoms with Gasteiger partial charge in [0.1, 0.15) is 11.2 Å². The highest BCUT2D eigenvalue weighted by atomic mass is 16.3. The minimum atomic E-state index is 0.148. The van der Waals surface area contributed by atoms with Gasteiger partial charge in [-0.05, 0) is 143 Å². The van der Waals surface area contributed by atoms with Crippen molar-refractivity contribution in [3.8, 4) is 33.4 Å². The van der Waals surface area contributed by atoms with Gasteiger partial charge in [0, 0.05) is 22.2 Å². The molecule has 2 heteroatoms. The summed E-state index contributed by atoms with van der Waals surface area (Å²) >= 11 is 0. The lowest BCUT2D eigenvalue weighted by Gasteiger charge is -2.61. The Hall–Kier alpha value is -5.86. The van der Waals surface area contributed by atoms with Crippen LogP contribution in [0.15, 0.2) is 168 Å². The molecular weight excluding hydrogens is 655 g/mol. The summed E-state index contributed by atoms with van der Waals surface area (Å²) in [4.78, 5) is 2.48. The van der Waals surface area contributed by atoms with Crippen molar-refractivity contribution in [2.45, 2.75) is 37.5 Å². The van der Waals surface area contributed by atoms with Crippen LogP contribution in [-0.4, -0.2) is 0 Å². The minimum absolute atomic E-state index is 0.148. The molecule has 4 bridgehead atoms. The number of hydrogen-bond acceptors (Lipinski definition) is 2. The number of benzene rings is 7. The molecule has 7 aromatic carbocycles. The number of nitrogens with zero attached hydrogens (tertiary/aromatic N) is 1. The molecule has 8 aromatic rings. The van der Waals surface area contributed by atoms with Crippen LogP contribution in [0.3, 0.4) is 0 Å². The van der Waals surface area contributed by atoms with Crippen LogP contribution in [-0.2, 0) is 5.41 Å². The van der Waals surface area contributed by atoms with Crippen molar-refractivity contribution in [2.24, 2.45) is 23.7 Å². The Bertz CT molecular complexity index is 2710. The van der Waals surface area contributed by atoms with Gasteiger partial charge in [0.05, 0.1) is 11.1 Å². The van der Waals surface area contributed by atoms with E-state index in [0.29, 0.717) is 0 Å². The van der Waals surface area contributed by atoms with Crippen molar-refractivity contribution in [2.75, 3.05) is 4.90 Å². The third-order valence-electron chi connectivity index (χ3n) is 13.8. The van der Waals surface area contributed by atoms with E-state index >= 15 is 0 Å². The van der Waals surface area contributed by atoms with Crippen molar-refractivity contribution < 1.29 is 4.42 Å². The third kappa shape index (κ3) is 4.34. The Balaban J connectivity index is 1.05. The quantitative estimate of drug-likeness (QED) is 0.178. The van der Waals surface area contributed by atoms with Crippen LogP contribution < -0.4 is 4.90 Å². The van der Waals surface area contributed by atoms with Gasteiger partial charge in [-0.25, -0.2) is 0 Å². The van der Waals surface area contributed by atoms with Crippen molar-refractivity contribution in [1.29, 1.82) is 0 Å². The highest BCUT2D eigenvalue weighted by molar-refractivity contribution is 6.13. The minimum Gasteiger partial charge on any atom is -0.456 e. The van der Waals surface area contributed by atoms with Gasteiger partial charge < -0.3 is 9.32 Å². The largest absolute Gasteiger partial charge is 0.456 e.